The van der Waals surface area contributed by atoms with E-state index >= 15 is 0 Å². The van der Waals surface area contributed by atoms with E-state index in [0.29, 0.717) is 11.4 Å². The molecule has 0 saturated heterocycles. The Morgan fingerprint density at radius 2 is 1.25 bits per heavy atom. The van der Waals surface area contributed by atoms with E-state index in [-0.39, 0.29) is 44.2 Å². The number of nitrogens with two attached hydrogens (primary N) is 1. The number of nitrogens with zero attached hydrogens (tertiary/aromatic N) is 4. The highest BCUT2D eigenvalue weighted by atomic mass is 32.2. The van der Waals surface area contributed by atoms with E-state index in [1.807, 2.05) is 6.92 Å². The lowest BCUT2D eigenvalue weighted by molar-refractivity contribution is 0.405. The van der Waals surface area contributed by atoms with Crippen LogP contribution >= 0.6 is 0 Å². The van der Waals surface area contributed by atoms with Crippen LogP contribution in [0.3, 0.4) is 0 Å². The van der Waals surface area contributed by atoms with Gasteiger partial charge in [-0.05, 0) is 66.9 Å². The number of aryl methyl sites for hydroxylation is 1. The fourth-order valence-electron chi connectivity index (χ4n) is 4.70. The number of hydrogen-bond donors (Lipinski definition) is 5. The third-order valence-electron chi connectivity index (χ3n) is 7.19. The minimum absolute atomic E-state index is 0.00358. The number of sulfonamides is 1. The largest absolute Gasteiger partial charge is 0.505 e. The monoisotopic (exact) mass is 756 g/mol. The minimum Gasteiger partial charge on any atom is -0.505 e. The number of nitrogen functional groups attached to an aromatic ring is 1. The lowest BCUT2D eigenvalue weighted by atomic mass is 10.1. The van der Waals surface area contributed by atoms with E-state index in [2.05, 4.69) is 25.2 Å². The zero-order valence-electron chi connectivity index (χ0n) is 26.7. The topological polar surface area (TPSA) is 269 Å². The number of ether oxygens (including phenoxy) is 2. The van der Waals surface area contributed by atoms with Gasteiger partial charge in [0.1, 0.15) is 33.5 Å². The molecule has 6 N–H and O–H groups in total. The Morgan fingerprint density at radius 3 is 1.78 bits per heavy atom. The predicted octanol–water partition coefficient (Wildman–Crippen LogP) is 6.58. The van der Waals surface area contributed by atoms with Gasteiger partial charge in [-0.25, -0.2) is 8.42 Å². The zero-order valence-corrected chi connectivity index (χ0v) is 29.2. The van der Waals surface area contributed by atoms with Crippen LogP contribution in [0.2, 0.25) is 0 Å². The van der Waals surface area contributed by atoms with Crippen LogP contribution in [0.5, 0.6) is 17.2 Å². The standard InChI is InChI=1S/C31H28N6O11S3/c1-17-4-6-20(7-5-17)37-49(39,40)21-10-8-19(9-11-21)33-34-24-15-27(48-3)25(16-26(24)47-2)35-36-30-28(51(44,45)46)13-18-12-22(50(41,42)43)14-23(32)29(18)31(30)38/h4-16,37-38H,32H2,1-3H3,(H,41,42,43)(H,44,45,46). The maximum atomic E-state index is 12.8. The molecule has 0 aliphatic rings. The number of rotatable bonds is 11. The molecule has 0 bridgehead atoms. The molecule has 20 heteroatoms. The average molecular weight is 757 g/mol. The third-order valence-corrected chi connectivity index (χ3v) is 10.3. The van der Waals surface area contributed by atoms with Crippen molar-refractivity contribution in [2.45, 2.75) is 21.6 Å². The molecule has 0 aliphatic heterocycles. The molecular weight excluding hydrogens is 729 g/mol. The number of aromatic hydroxyl groups is 1. The van der Waals surface area contributed by atoms with Crippen molar-refractivity contribution >= 4 is 75.2 Å². The van der Waals surface area contributed by atoms with Gasteiger partial charge in [0.05, 0.1) is 29.7 Å². The second-order valence-corrected chi connectivity index (χ2v) is 15.2. The van der Waals surface area contributed by atoms with Gasteiger partial charge in [0.2, 0.25) is 0 Å². The second kappa shape index (κ2) is 13.9. The summed E-state index contributed by atoms with van der Waals surface area (Å²) in [6, 6.07) is 17.6. The van der Waals surface area contributed by atoms with Crippen molar-refractivity contribution in [2.24, 2.45) is 20.5 Å². The van der Waals surface area contributed by atoms with E-state index in [0.717, 1.165) is 23.8 Å². The Balaban J connectivity index is 1.47. The molecule has 0 aromatic heterocycles. The summed E-state index contributed by atoms with van der Waals surface area (Å²) < 4.78 is 106. The maximum Gasteiger partial charge on any atom is 0.296 e. The minimum atomic E-state index is -5.10. The van der Waals surface area contributed by atoms with Gasteiger partial charge in [0, 0.05) is 28.9 Å². The van der Waals surface area contributed by atoms with Gasteiger partial charge in [-0.2, -0.15) is 21.9 Å². The van der Waals surface area contributed by atoms with Gasteiger partial charge in [0.15, 0.2) is 5.75 Å². The number of fused-ring (bicyclic) bond motifs is 1. The summed E-state index contributed by atoms with van der Waals surface area (Å²) in [5.41, 5.74) is 6.56. The van der Waals surface area contributed by atoms with Gasteiger partial charge in [-0.1, -0.05) is 17.7 Å². The van der Waals surface area contributed by atoms with Crippen molar-refractivity contribution in [3.05, 3.63) is 84.4 Å². The third kappa shape index (κ3) is 8.05. The van der Waals surface area contributed by atoms with Crippen LogP contribution < -0.4 is 19.9 Å². The molecule has 0 spiro atoms. The SMILES string of the molecule is COc1cc(N=Nc2c(S(=O)(=O)O)cc3cc(S(=O)(=O)O)cc(N)c3c2O)c(OC)cc1N=Nc1ccc(S(=O)(=O)Nc2ccc(C)cc2)cc1. The first-order valence-electron chi connectivity index (χ1n) is 14.2. The highest BCUT2D eigenvalue weighted by molar-refractivity contribution is 7.92. The number of methoxy groups -OCH3 is 2. The second-order valence-electron chi connectivity index (χ2n) is 10.7. The van der Waals surface area contributed by atoms with Gasteiger partial charge in [-0.3, -0.25) is 13.8 Å². The highest BCUT2D eigenvalue weighted by Crippen LogP contribution is 2.46. The van der Waals surface area contributed by atoms with Gasteiger partial charge >= 0.3 is 0 Å². The molecule has 0 atom stereocenters. The summed E-state index contributed by atoms with van der Waals surface area (Å²) >= 11 is 0. The van der Waals surface area contributed by atoms with Crippen molar-refractivity contribution in [2.75, 3.05) is 24.7 Å². The van der Waals surface area contributed by atoms with Crippen molar-refractivity contribution in [1.82, 2.24) is 0 Å². The molecule has 0 unspecified atom stereocenters. The van der Waals surface area contributed by atoms with Crippen LogP contribution in [0.25, 0.3) is 10.8 Å². The average Bonchev–Trinajstić information content (AvgIpc) is 3.06. The summed E-state index contributed by atoms with van der Waals surface area (Å²) in [5.74, 6) is -0.748. The summed E-state index contributed by atoms with van der Waals surface area (Å²) in [7, 11) is -11.1. The molecule has 0 fully saturated rings. The number of azo groups is 2. The molecule has 0 heterocycles. The fourth-order valence-corrected chi connectivity index (χ4v) is 6.97. The van der Waals surface area contributed by atoms with Crippen molar-refractivity contribution in [3.8, 4) is 17.2 Å². The first kappa shape index (κ1) is 36.6. The van der Waals surface area contributed by atoms with Crippen LogP contribution in [0.1, 0.15) is 5.56 Å². The van der Waals surface area contributed by atoms with Crippen LogP contribution in [0.4, 0.5) is 34.1 Å². The van der Waals surface area contributed by atoms with Crippen molar-refractivity contribution in [3.63, 3.8) is 0 Å². The molecule has 5 aromatic rings. The lowest BCUT2D eigenvalue weighted by Gasteiger charge is -2.12. The van der Waals surface area contributed by atoms with E-state index in [4.69, 9.17) is 15.2 Å². The number of phenolic OH excluding ortho intramolecular Hbond substituents is 1. The van der Waals surface area contributed by atoms with E-state index in [9.17, 15) is 39.5 Å². The molecular formula is C31H28N6O11S3. The highest BCUT2D eigenvalue weighted by Gasteiger charge is 2.25. The number of nitrogens with one attached hydrogen (secondary N) is 1. The predicted molar refractivity (Wildman–Crippen MR) is 186 cm³/mol. The summed E-state index contributed by atoms with van der Waals surface area (Å²) in [4.78, 5) is -1.65. The van der Waals surface area contributed by atoms with Gasteiger partial charge in [-0.15, -0.1) is 15.3 Å². The lowest BCUT2D eigenvalue weighted by Crippen LogP contribution is -2.12. The van der Waals surface area contributed by atoms with Crippen molar-refractivity contribution in [1.29, 1.82) is 0 Å². The molecule has 0 amide bonds. The van der Waals surface area contributed by atoms with E-state index < -0.39 is 51.5 Å². The maximum absolute atomic E-state index is 12.8. The number of benzene rings is 5. The molecule has 17 nitrogen and oxygen atoms in total. The van der Waals surface area contributed by atoms with Crippen LogP contribution in [-0.4, -0.2) is 53.7 Å². The van der Waals surface area contributed by atoms with E-state index in [1.54, 1.807) is 24.3 Å². The van der Waals surface area contributed by atoms with Gasteiger partial charge < -0.3 is 20.3 Å². The van der Waals surface area contributed by atoms with Crippen LogP contribution in [0, 0.1) is 6.92 Å². The molecule has 5 aromatic carbocycles. The quantitative estimate of drug-likeness (QED) is 0.0543. The molecule has 0 aliphatic carbocycles. The summed E-state index contributed by atoms with van der Waals surface area (Å²) in [5, 5.41) is 26.6. The Morgan fingerprint density at radius 1 is 0.686 bits per heavy atom. The van der Waals surface area contributed by atoms with Crippen LogP contribution in [0.15, 0.2) is 114 Å². The van der Waals surface area contributed by atoms with E-state index in [1.165, 1.54) is 50.6 Å². The Labute approximate surface area is 291 Å². The Kier molecular flexibility index (Phi) is 9.99. The van der Waals surface area contributed by atoms with Gasteiger partial charge in [0.25, 0.3) is 30.3 Å². The molecule has 5 rings (SSSR count). The Hall–Kier alpha value is -5.67. The molecule has 0 radical (unpaired) electrons. The fraction of sp³-hybridized carbons (Fsp3) is 0.0968. The first-order chi connectivity index (χ1) is 23.9. The summed E-state index contributed by atoms with van der Waals surface area (Å²) in [6.07, 6.45) is 0. The first-order valence-corrected chi connectivity index (χ1v) is 18.6. The number of phenols is 1. The zero-order chi connectivity index (χ0) is 37.3. The number of hydrogen-bond acceptors (Lipinski definition) is 14. The smallest absolute Gasteiger partial charge is 0.296 e. The molecule has 0 saturated carbocycles. The summed E-state index contributed by atoms with van der Waals surface area (Å²) in [6.45, 7) is 1.88. The number of anilines is 2. The molecule has 51 heavy (non-hydrogen) atoms. The Bertz CT molecular complexity index is 2560. The molecule has 266 valence electrons. The van der Waals surface area contributed by atoms with Crippen molar-refractivity contribution < 1.29 is 48.9 Å². The van der Waals surface area contributed by atoms with Crippen LogP contribution in [-0.2, 0) is 30.3 Å². The normalized spacial score (nSPS) is 12.5.